The first kappa shape index (κ1) is 12.3. The number of aromatic amines is 1. The number of nitrogen functional groups attached to an aromatic ring is 1. The minimum Gasteiger partial charge on any atom is -0.399 e. The van der Waals surface area contributed by atoms with Crippen molar-refractivity contribution in [3.8, 4) is 0 Å². The van der Waals surface area contributed by atoms with Crippen LogP contribution in [0.1, 0.15) is 5.56 Å². The van der Waals surface area contributed by atoms with Gasteiger partial charge in [-0.1, -0.05) is 23.4 Å². The monoisotopic (exact) mass is 291 g/mol. The summed E-state index contributed by atoms with van der Waals surface area (Å²) in [7, 11) is 0. The molecule has 0 bridgehead atoms. The molecule has 5 nitrogen and oxygen atoms in total. The molecule has 1 aromatic carbocycles. The number of halogens is 1. The summed E-state index contributed by atoms with van der Waals surface area (Å²) in [5, 5.41) is 1.55. The van der Waals surface area contributed by atoms with Crippen LogP contribution in [0.2, 0.25) is 5.02 Å². The van der Waals surface area contributed by atoms with E-state index in [-0.39, 0.29) is 0 Å². The Labute approximate surface area is 118 Å². The first-order chi connectivity index (χ1) is 9.24. The van der Waals surface area contributed by atoms with Crippen LogP contribution >= 0.6 is 23.4 Å². The smallest absolute Gasteiger partial charge is 0.181 e. The number of H-pyrrole nitrogens is 1. The molecule has 3 rings (SSSR count). The van der Waals surface area contributed by atoms with E-state index in [0.717, 1.165) is 16.1 Å². The van der Waals surface area contributed by atoms with E-state index in [4.69, 9.17) is 17.3 Å². The number of hydrogen-bond acceptors (Lipinski definition) is 5. The second-order valence-electron chi connectivity index (χ2n) is 3.92. The van der Waals surface area contributed by atoms with E-state index >= 15 is 0 Å². The van der Waals surface area contributed by atoms with Gasteiger partial charge in [0.15, 0.2) is 5.65 Å². The van der Waals surface area contributed by atoms with Crippen LogP contribution in [0, 0.1) is 0 Å². The summed E-state index contributed by atoms with van der Waals surface area (Å²) in [6.45, 7) is 0. The first-order valence-corrected chi connectivity index (χ1v) is 6.91. The molecule has 19 heavy (non-hydrogen) atoms. The van der Waals surface area contributed by atoms with Gasteiger partial charge in [-0.3, -0.25) is 0 Å². The number of hydrogen-bond donors (Lipinski definition) is 2. The fourth-order valence-electron chi connectivity index (χ4n) is 1.70. The molecular weight excluding hydrogens is 282 g/mol. The maximum atomic E-state index is 6.14. The predicted octanol–water partition coefficient (Wildman–Crippen LogP) is 2.88. The fourth-order valence-corrected chi connectivity index (χ4v) is 2.91. The molecule has 0 radical (unpaired) electrons. The molecule has 0 spiro atoms. The molecule has 3 aromatic rings. The molecule has 0 saturated heterocycles. The molecule has 2 heterocycles. The van der Waals surface area contributed by atoms with E-state index in [9.17, 15) is 0 Å². The van der Waals surface area contributed by atoms with Gasteiger partial charge in [0.25, 0.3) is 0 Å². The van der Waals surface area contributed by atoms with E-state index in [1.54, 1.807) is 30.2 Å². The third-order valence-electron chi connectivity index (χ3n) is 2.62. The van der Waals surface area contributed by atoms with Gasteiger partial charge in [0, 0.05) is 16.5 Å². The molecule has 0 fully saturated rings. The number of aromatic nitrogens is 4. The van der Waals surface area contributed by atoms with Crippen molar-refractivity contribution in [2.75, 3.05) is 5.73 Å². The topological polar surface area (TPSA) is 80.5 Å². The number of nitrogens with one attached hydrogen (secondary N) is 1. The average molecular weight is 292 g/mol. The summed E-state index contributed by atoms with van der Waals surface area (Å²) in [6.07, 6.45) is 3.11. The zero-order valence-corrected chi connectivity index (χ0v) is 11.4. The average Bonchev–Trinajstić information content (AvgIpc) is 2.88. The van der Waals surface area contributed by atoms with Crippen LogP contribution in [0.4, 0.5) is 5.69 Å². The van der Waals surface area contributed by atoms with Crippen molar-refractivity contribution in [3.63, 3.8) is 0 Å². The summed E-state index contributed by atoms with van der Waals surface area (Å²) in [5.41, 5.74) is 8.95. The summed E-state index contributed by atoms with van der Waals surface area (Å²) < 4.78 is 0. The third-order valence-corrected chi connectivity index (χ3v) is 4.03. The molecular formula is C12H10ClN5S. The summed E-state index contributed by atoms with van der Waals surface area (Å²) in [5.74, 6) is 0.689. The number of thioether (sulfide) groups is 1. The molecule has 0 aliphatic rings. The van der Waals surface area contributed by atoms with Gasteiger partial charge in [0.1, 0.15) is 16.9 Å². The van der Waals surface area contributed by atoms with E-state index in [2.05, 4.69) is 19.9 Å². The van der Waals surface area contributed by atoms with Crippen LogP contribution in [0.5, 0.6) is 0 Å². The lowest BCUT2D eigenvalue weighted by molar-refractivity contribution is 1.08. The standard InChI is InChI=1S/C12H10ClN5S/c13-9-2-1-8(14)3-7(9)4-19-12-10-11(16-5-15-10)17-6-18-12/h1-3,5-6H,4,14H2,(H,15,16,17,18). The second kappa shape index (κ2) is 5.07. The van der Waals surface area contributed by atoms with Crippen molar-refractivity contribution in [2.45, 2.75) is 10.8 Å². The third kappa shape index (κ3) is 2.50. The Morgan fingerprint density at radius 1 is 1.26 bits per heavy atom. The summed E-state index contributed by atoms with van der Waals surface area (Å²) >= 11 is 7.71. The molecule has 2 aromatic heterocycles. The van der Waals surface area contributed by atoms with Crippen molar-refractivity contribution in [1.29, 1.82) is 0 Å². The number of fused-ring (bicyclic) bond motifs is 1. The highest BCUT2D eigenvalue weighted by atomic mass is 35.5. The van der Waals surface area contributed by atoms with E-state index in [1.807, 2.05) is 6.07 Å². The number of imidazole rings is 1. The minimum absolute atomic E-state index is 0.663. The maximum absolute atomic E-state index is 6.14. The predicted molar refractivity (Wildman–Crippen MR) is 77.1 cm³/mol. The lowest BCUT2D eigenvalue weighted by Gasteiger charge is -2.05. The van der Waals surface area contributed by atoms with Crippen molar-refractivity contribution in [2.24, 2.45) is 0 Å². The molecule has 0 unspecified atom stereocenters. The van der Waals surface area contributed by atoms with Gasteiger partial charge in [-0.2, -0.15) is 0 Å². The number of nitrogens with two attached hydrogens (primary N) is 1. The van der Waals surface area contributed by atoms with Gasteiger partial charge >= 0.3 is 0 Å². The highest BCUT2D eigenvalue weighted by molar-refractivity contribution is 7.98. The molecule has 0 amide bonds. The number of anilines is 1. The molecule has 0 saturated carbocycles. The van der Waals surface area contributed by atoms with Crippen LogP contribution < -0.4 is 5.73 Å². The summed E-state index contributed by atoms with van der Waals surface area (Å²) in [4.78, 5) is 15.5. The molecule has 0 aliphatic heterocycles. The highest BCUT2D eigenvalue weighted by Crippen LogP contribution is 2.29. The summed E-state index contributed by atoms with van der Waals surface area (Å²) in [6, 6.07) is 5.47. The zero-order chi connectivity index (χ0) is 13.2. The number of benzene rings is 1. The largest absolute Gasteiger partial charge is 0.399 e. The van der Waals surface area contributed by atoms with E-state index in [1.165, 1.54) is 6.33 Å². The van der Waals surface area contributed by atoms with Crippen molar-refractivity contribution in [1.82, 2.24) is 19.9 Å². The Bertz CT molecular complexity index is 727. The van der Waals surface area contributed by atoms with Crippen LogP contribution in [0.25, 0.3) is 11.2 Å². The number of nitrogens with zero attached hydrogens (tertiary/aromatic N) is 3. The van der Waals surface area contributed by atoms with Gasteiger partial charge in [-0.15, -0.1) is 0 Å². The van der Waals surface area contributed by atoms with Crippen LogP contribution in [0.3, 0.4) is 0 Å². The Morgan fingerprint density at radius 2 is 2.16 bits per heavy atom. The molecule has 3 N–H and O–H groups in total. The Hall–Kier alpha value is -1.79. The van der Waals surface area contributed by atoms with Gasteiger partial charge < -0.3 is 10.7 Å². The SMILES string of the molecule is Nc1ccc(Cl)c(CSc2ncnc3nc[nH]c23)c1. The molecule has 7 heteroatoms. The zero-order valence-electron chi connectivity index (χ0n) is 9.80. The highest BCUT2D eigenvalue weighted by Gasteiger charge is 2.08. The maximum Gasteiger partial charge on any atom is 0.181 e. The fraction of sp³-hybridized carbons (Fsp3) is 0.0833. The Kier molecular flexibility index (Phi) is 3.27. The van der Waals surface area contributed by atoms with Crippen LogP contribution in [-0.4, -0.2) is 19.9 Å². The van der Waals surface area contributed by atoms with E-state index in [0.29, 0.717) is 22.1 Å². The van der Waals surface area contributed by atoms with Crippen LogP contribution in [0.15, 0.2) is 35.9 Å². The lowest BCUT2D eigenvalue weighted by Crippen LogP contribution is -1.90. The van der Waals surface area contributed by atoms with Crippen molar-refractivity contribution in [3.05, 3.63) is 41.4 Å². The van der Waals surface area contributed by atoms with Gasteiger partial charge in [0.2, 0.25) is 0 Å². The number of rotatable bonds is 3. The first-order valence-electron chi connectivity index (χ1n) is 5.55. The normalized spacial score (nSPS) is 11.0. The quantitative estimate of drug-likeness (QED) is 0.440. The molecule has 96 valence electrons. The van der Waals surface area contributed by atoms with Gasteiger partial charge in [-0.25, -0.2) is 15.0 Å². The minimum atomic E-state index is 0.663. The van der Waals surface area contributed by atoms with E-state index < -0.39 is 0 Å². The van der Waals surface area contributed by atoms with Crippen LogP contribution in [-0.2, 0) is 5.75 Å². The molecule has 0 atom stereocenters. The van der Waals surface area contributed by atoms with Crippen molar-refractivity contribution >= 4 is 40.2 Å². The van der Waals surface area contributed by atoms with Crippen molar-refractivity contribution < 1.29 is 0 Å². The van der Waals surface area contributed by atoms with Gasteiger partial charge in [0.05, 0.1) is 6.33 Å². The second-order valence-corrected chi connectivity index (χ2v) is 5.29. The Balaban J connectivity index is 1.86. The molecule has 0 aliphatic carbocycles. The Morgan fingerprint density at radius 3 is 3.05 bits per heavy atom. The van der Waals surface area contributed by atoms with Gasteiger partial charge in [-0.05, 0) is 23.8 Å². The lowest BCUT2D eigenvalue weighted by atomic mass is 10.2.